The Morgan fingerprint density at radius 2 is 1.90 bits per heavy atom. The standard InChI is InChI=1S/C17H22FN3/c1-5-7-15-20-16(12(4)17(21-15)19-6-2)13-10-11(3)8-9-14(13)18/h8-10H,5-7H2,1-4H3,(H,19,20,21). The van der Waals surface area contributed by atoms with E-state index in [2.05, 4.69) is 22.2 Å². The van der Waals surface area contributed by atoms with E-state index in [1.165, 1.54) is 6.07 Å². The molecule has 21 heavy (non-hydrogen) atoms. The summed E-state index contributed by atoms with van der Waals surface area (Å²) in [5.74, 6) is 1.31. The minimum Gasteiger partial charge on any atom is -0.370 e. The minimum absolute atomic E-state index is 0.243. The van der Waals surface area contributed by atoms with Gasteiger partial charge in [0, 0.05) is 24.1 Å². The molecule has 0 saturated carbocycles. The lowest BCUT2D eigenvalue weighted by Crippen LogP contribution is -2.08. The first kappa shape index (κ1) is 15.4. The molecule has 0 fully saturated rings. The zero-order valence-corrected chi connectivity index (χ0v) is 13.1. The number of rotatable bonds is 5. The lowest BCUT2D eigenvalue weighted by Gasteiger charge is -2.14. The Hall–Kier alpha value is -1.97. The van der Waals surface area contributed by atoms with Gasteiger partial charge >= 0.3 is 0 Å². The van der Waals surface area contributed by atoms with Crippen LogP contribution in [0.15, 0.2) is 18.2 Å². The molecule has 0 atom stereocenters. The van der Waals surface area contributed by atoms with Crippen LogP contribution in [-0.2, 0) is 6.42 Å². The first-order chi connectivity index (χ1) is 10.1. The van der Waals surface area contributed by atoms with Gasteiger partial charge in [-0.3, -0.25) is 0 Å². The third-order valence-corrected chi connectivity index (χ3v) is 3.39. The van der Waals surface area contributed by atoms with Gasteiger partial charge in [0.1, 0.15) is 17.5 Å². The van der Waals surface area contributed by atoms with Crippen LogP contribution in [0.4, 0.5) is 10.2 Å². The second kappa shape index (κ2) is 6.66. The van der Waals surface area contributed by atoms with Gasteiger partial charge < -0.3 is 5.32 Å². The quantitative estimate of drug-likeness (QED) is 0.891. The van der Waals surface area contributed by atoms with Gasteiger partial charge in [0.05, 0.1) is 5.69 Å². The molecule has 1 aromatic carbocycles. The van der Waals surface area contributed by atoms with E-state index in [-0.39, 0.29) is 5.82 Å². The molecule has 1 heterocycles. The maximum atomic E-state index is 14.2. The Morgan fingerprint density at radius 1 is 1.14 bits per heavy atom. The van der Waals surface area contributed by atoms with Crippen LogP contribution in [0.25, 0.3) is 11.3 Å². The maximum absolute atomic E-state index is 14.2. The Bertz CT molecular complexity index is 638. The fraction of sp³-hybridized carbons (Fsp3) is 0.412. The summed E-state index contributed by atoms with van der Waals surface area (Å²) in [5.41, 5.74) is 3.14. The molecular weight excluding hydrogens is 265 g/mol. The molecule has 0 amide bonds. The number of aryl methyl sites for hydroxylation is 2. The monoisotopic (exact) mass is 287 g/mol. The van der Waals surface area contributed by atoms with E-state index in [0.717, 1.165) is 42.2 Å². The largest absolute Gasteiger partial charge is 0.370 e. The van der Waals surface area contributed by atoms with Crippen LogP contribution in [0.2, 0.25) is 0 Å². The van der Waals surface area contributed by atoms with Crippen molar-refractivity contribution >= 4 is 5.82 Å². The lowest BCUT2D eigenvalue weighted by molar-refractivity contribution is 0.630. The van der Waals surface area contributed by atoms with E-state index in [1.54, 1.807) is 6.07 Å². The molecule has 0 aliphatic heterocycles. The van der Waals surface area contributed by atoms with Crippen LogP contribution in [0, 0.1) is 19.7 Å². The van der Waals surface area contributed by atoms with Crippen LogP contribution in [0.5, 0.6) is 0 Å². The lowest BCUT2D eigenvalue weighted by atomic mass is 10.0. The van der Waals surface area contributed by atoms with Crippen molar-refractivity contribution < 1.29 is 4.39 Å². The van der Waals surface area contributed by atoms with Crippen molar-refractivity contribution in [1.29, 1.82) is 0 Å². The van der Waals surface area contributed by atoms with Gasteiger partial charge in [0.25, 0.3) is 0 Å². The van der Waals surface area contributed by atoms with E-state index in [0.29, 0.717) is 11.3 Å². The number of aromatic nitrogens is 2. The van der Waals surface area contributed by atoms with Gasteiger partial charge in [-0.15, -0.1) is 0 Å². The Labute approximate surface area is 125 Å². The molecule has 112 valence electrons. The van der Waals surface area contributed by atoms with E-state index in [1.807, 2.05) is 26.8 Å². The fourth-order valence-corrected chi connectivity index (χ4v) is 2.32. The van der Waals surface area contributed by atoms with Crippen molar-refractivity contribution in [1.82, 2.24) is 9.97 Å². The summed E-state index contributed by atoms with van der Waals surface area (Å²) in [6, 6.07) is 5.11. The smallest absolute Gasteiger partial charge is 0.133 e. The highest BCUT2D eigenvalue weighted by molar-refractivity contribution is 5.69. The summed E-state index contributed by atoms with van der Waals surface area (Å²) in [5, 5.41) is 3.25. The molecule has 0 aliphatic carbocycles. The normalized spacial score (nSPS) is 10.7. The second-order valence-corrected chi connectivity index (χ2v) is 5.23. The summed E-state index contributed by atoms with van der Waals surface area (Å²) < 4.78 is 14.2. The zero-order chi connectivity index (χ0) is 15.4. The van der Waals surface area contributed by atoms with Crippen molar-refractivity contribution in [2.75, 3.05) is 11.9 Å². The van der Waals surface area contributed by atoms with Crippen molar-refractivity contribution in [3.63, 3.8) is 0 Å². The molecule has 0 saturated heterocycles. The summed E-state index contributed by atoms with van der Waals surface area (Å²) >= 11 is 0. The Morgan fingerprint density at radius 3 is 2.57 bits per heavy atom. The molecule has 0 unspecified atom stereocenters. The Balaban J connectivity index is 2.62. The molecule has 2 aromatic rings. The molecule has 4 heteroatoms. The molecule has 0 bridgehead atoms. The highest BCUT2D eigenvalue weighted by Crippen LogP contribution is 2.29. The molecule has 1 aromatic heterocycles. The van der Waals surface area contributed by atoms with Crippen molar-refractivity contribution in [3.05, 3.63) is 41.0 Å². The maximum Gasteiger partial charge on any atom is 0.133 e. The summed E-state index contributed by atoms with van der Waals surface area (Å²) in [6.07, 6.45) is 1.75. The number of anilines is 1. The van der Waals surface area contributed by atoms with Gasteiger partial charge in [-0.05, 0) is 39.3 Å². The summed E-state index contributed by atoms with van der Waals surface area (Å²) in [6.45, 7) is 8.78. The number of nitrogens with zero attached hydrogens (tertiary/aromatic N) is 2. The predicted octanol–water partition coefficient (Wildman–Crippen LogP) is 4.28. The van der Waals surface area contributed by atoms with Gasteiger partial charge in [0.15, 0.2) is 0 Å². The first-order valence-electron chi connectivity index (χ1n) is 7.44. The van der Waals surface area contributed by atoms with Crippen molar-refractivity contribution in [3.8, 4) is 11.3 Å². The molecule has 1 N–H and O–H groups in total. The molecule has 2 rings (SSSR count). The topological polar surface area (TPSA) is 37.8 Å². The van der Waals surface area contributed by atoms with Crippen molar-refractivity contribution in [2.24, 2.45) is 0 Å². The second-order valence-electron chi connectivity index (χ2n) is 5.23. The van der Waals surface area contributed by atoms with E-state index < -0.39 is 0 Å². The molecule has 0 aliphatic rings. The van der Waals surface area contributed by atoms with Crippen LogP contribution in [-0.4, -0.2) is 16.5 Å². The van der Waals surface area contributed by atoms with Gasteiger partial charge in [-0.2, -0.15) is 0 Å². The van der Waals surface area contributed by atoms with Crippen LogP contribution in [0.3, 0.4) is 0 Å². The average molecular weight is 287 g/mol. The zero-order valence-electron chi connectivity index (χ0n) is 13.1. The SMILES string of the molecule is CCCc1nc(NCC)c(C)c(-c2cc(C)ccc2F)n1. The third kappa shape index (κ3) is 3.38. The minimum atomic E-state index is -0.243. The predicted molar refractivity (Wildman–Crippen MR) is 85.1 cm³/mol. The number of benzene rings is 1. The molecule has 3 nitrogen and oxygen atoms in total. The summed E-state index contributed by atoms with van der Waals surface area (Å²) in [4.78, 5) is 9.13. The first-order valence-corrected chi connectivity index (χ1v) is 7.44. The van der Waals surface area contributed by atoms with Crippen LogP contribution in [0.1, 0.15) is 37.2 Å². The average Bonchev–Trinajstić information content (AvgIpc) is 2.45. The van der Waals surface area contributed by atoms with E-state index >= 15 is 0 Å². The van der Waals surface area contributed by atoms with Gasteiger partial charge in [-0.25, -0.2) is 14.4 Å². The molecule has 0 radical (unpaired) electrons. The highest BCUT2D eigenvalue weighted by atomic mass is 19.1. The third-order valence-electron chi connectivity index (χ3n) is 3.39. The molecular formula is C17H22FN3. The van der Waals surface area contributed by atoms with Crippen molar-refractivity contribution in [2.45, 2.75) is 40.5 Å². The number of hydrogen-bond donors (Lipinski definition) is 1. The van der Waals surface area contributed by atoms with Crippen LogP contribution >= 0.6 is 0 Å². The molecule has 0 spiro atoms. The van der Waals surface area contributed by atoms with Crippen LogP contribution < -0.4 is 5.32 Å². The fourth-order valence-electron chi connectivity index (χ4n) is 2.32. The van der Waals surface area contributed by atoms with E-state index in [9.17, 15) is 4.39 Å². The summed E-state index contributed by atoms with van der Waals surface area (Å²) in [7, 11) is 0. The number of halogens is 1. The number of nitrogens with one attached hydrogen (secondary N) is 1. The Kier molecular flexibility index (Phi) is 4.89. The van der Waals surface area contributed by atoms with Gasteiger partial charge in [0.2, 0.25) is 0 Å². The van der Waals surface area contributed by atoms with Gasteiger partial charge in [-0.1, -0.05) is 18.6 Å². The highest BCUT2D eigenvalue weighted by Gasteiger charge is 2.15. The number of hydrogen-bond acceptors (Lipinski definition) is 3. The van der Waals surface area contributed by atoms with E-state index in [4.69, 9.17) is 0 Å².